The van der Waals surface area contributed by atoms with Crippen LogP contribution in [-0.4, -0.2) is 62.4 Å². The minimum Gasteiger partial charge on any atom is -0.463 e. The van der Waals surface area contributed by atoms with Crippen LogP contribution >= 0.6 is 7.60 Å². The lowest BCUT2D eigenvalue weighted by molar-refractivity contribution is -0.151. The lowest BCUT2D eigenvalue weighted by Gasteiger charge is -2.27. The molecule has 12 nitrogen and oxygen atoms in total. The Morgan fingerprint density at radius 1 is 1.22 bits per heavy atom. The number of nitrogens with one attached hydrogen (secondary N) is 1. The molecule has 0 radical (unpaired) electrons. The first-order chi connectivity index (χ1) is 16.8. The highest BCUT2D eigenvalue weighted by molar-refractivity contribution is 7.54. The van der Waals surface area contributed by atoms with Gasteiger partial charge in [-0.3, -0.25) is 23.7 Å². The van der Waals surface area contributed by atoms with Crippen molar-refractivity contribution in [3.63, 3.8) is 0 Å². The zero-order valence-electron chi connectivity index (χ0n) is 20.4. The Labute approximate surface area is 207 Å². The number of hydrogen-bond acceptors (Lipinski definition) is 10. The van der Waals surface area contributed by atoms with Gasteiger partial charge in [-0.05, 0) is 32.9 Å². The Balaban J connectivity index is 1.80. The third kappa shape index (κ3) is 6.51. The molecule has 0 aliphatic carbocycles. The summed E-state index contributed by atoms with van der Waals surface area (Å²) in [5, 5.41) is 21.6. The van der Waals surface area contributed by atoms with E-state index in [0.29, 0.717) is 0 Å². The van der Waals surface area contributed by atoms with Crippen LogP contribution < -0.4 is 15.8 Å². The van der Waals surface area contributed by atoms with Gasteiger partial charge in [-0.1, -0.05) is 25.1 Å². The molecule has 0 bridgehead atoms. The number of benzene rings is 1. The highest BCUT2D eigenvalue weighted by Gasteiger charge is 2.54. The molecule has 3 rings (SSSR count). The van der Waals surface area contributed by atoms with E-state index in [-0.39, 0.29) is 18.0 Å². The van der Waals surface area contributed by atoms with E-state index < -0.39 is 61.4 Å². The van der Waals surface area contributed by atoms with Gasteiger partial charge in [-0.15, -0.1) is 0 Å². The molecule has 36 heavy (non-hydrogen) atoms. The van der Waals surface area contributed by atoms with Crippen LogP contribution in [0.1, 0.15) is 33.9 Å². The number of rotatable bonds is 10. The number of carbonyl (C=O) groups excluding carboxylic acids is 1. The minimum absolute atomic E-state index is 0.239. The number of ether oxygens (including phenoxy) is 2. The SMILES string of the molecule is CC(C)OC(=O)[C@H](C)CP(=O)(OC[C@H]1O[C@@H](n2ccc(=O)[nH]c2=O)[C@](C)(O)C1O)Oc1ccccc1. The lowest BCUT2D eigenvalue weighted by atomic mass is 9.96. The number of aliphatic hydroxyl groups excluding tert-OH is 1. The second-order valence-corrected chi connectivity index (χ2v) is 11.1. The van der Waals surface area contributed by atoms with Gasteiger partial charge in [0.1, 0.15) is 23.6 Å². The molecular weight excluding hydrogens is 495 g/mol. The highest BCUT2D eigenvalue weighted by atomic mass is 31.2. The maximum atomic E-state index is 13.7. The number of esters is 1. The van der Waals surface area contributed by atoms with E-state index in [2.05, 4.69) is 4.98 Å². The number of para-hydroxylation sites is 1. The van der Waals surface area contributed by atoms with Crippen molar-refractivity contribution in [3.05, 3.63) is 63.4 Å². The molecule has 2 aromatic rings. The number of aliphatic hydroxyl groups is 2. The maximum absolute atomic E-state index is 13.7. The van der Waals surface area contributed by atoms with Crippen molar-refractivity contribution in [3.8, 4) is 5.75 Å². The summed E-state index contributed by atoms with van der Waals surface area (Å²) in [5.41, 5.74) is -3.45. The molecule has 6 atom stereocenters. The molecule has 1 saturated heterocycles. The van der Waals surface area contributed by atoms with Crippen LogP contribution in [-0.2, 0) is 23.4 Å². The topological polar surface area (TPSA) is 166 Å². The molecule has 198 valence electrons. The van der Waals surface area contributed by atoms with E-state index in [0.717, 1.165) is 16.8 Å². The Kier molecular flexibility index (Phi) is 8.58. The predicted octanol–water partition coefficient (Wildman–Crippen LogP) is 1.42. The van der Waals surface area contributed by atoms with Crippen molar-refractivity contribution in [2.45, 2.75) is 57.8 Å². The van der Waals surface area contributed by atoms with Crippen molar-refractivity contribution in [1.29, 1.82) is 0 Å². The standard InChI is InChI=1S/C23H31N2O10P/c1-14(2)33-20(28)15(3)13-36(31,35-16-8-6-5-7-9-16)32-12-17-19(27)23(4,30)21(34-17)25-11-10-18(26)24-22(25)29/h5-11,14-15,17,19,21,27,30H,12-13H2,1-4H3,(H,24,26,29)/t15-,17-,19?,21-,23-,36?/m1/s1. The van der Waals surface area contributed by atoms with Crippen molar-refractivity contribution in [2.24, 2.45) is 5.92 Å². The molecule has 0 amide bonds. The minimum atomic E-state index is -4.01. The average Bonchev–Trinajstić information content (AvgIpc) is 3.01. The summed E-state index contributed by atoms with van der Waals surface area (Å²) < 4.78 is 36.8. The van der Waals surface area contributed by atoms with E-state index in [4.69, 9.17) is 18.5 Å². The van der Waals surface area contributed by atoms with Crippen LogP contribution in [0.5, 0.6) is 5.75 Å². The molecule has 13 heteroatoms. The van der Waals surface area contributed by atoms with Gasteiger partial charge in [-0.2, -0.15) is 0 Å². The van der Waals surface area contributed by atoms with Crippen LogP contribution in [0.3, 0.4) is 0 Å². The van der Waals surface area contributed by atoms with Crippen LogP contribution in [0.4, 0.5) is 0 Å². The summed E-state index contributed by atoms with van der Waals surface area (Å²) >= 11 is 0. The van der Waals surface area contributed by atoms with E-state index in [1.165, 1.54) is 13.8 Å². The Morgan fingerprint density at radius 2 is 1.89 bits per heavy atom. The Bertz CT molecular complexity index is 1210. The molecule has 1 aromatic carbocycles. The second-order valence-electron chi connectivity index (χ2n) is 9.10. The second kappa shape index (κ2) is 11.1. The molecular formula is C23H31N2O10P. The van der Waals surface area contributed by atoms with Crippen molar-refractivity contribution in [1.82, 2.24) is 9.55 Å². The first kappa shape index (κ1) is 27.8. The van der Waals surface area contributed by atoms with Gasteiger partial charge in [0, 0.05) is 12.3 Å². The van der Waals surface area contributed by atoms with Gasteiger partial charge >= 0.3 is 19.3 Å². The molecule has 1 aliphatic heterocycles. The van der Waals surface area contributed by atoms with Gasteiger partial charge in [0.05, 0.1) is 24.8 Å². The predicted molar refractivity (Wildman–Crippen MR) is 128 cm³/mol. The zero-order chi connectivity index (χ0) is 26.7. The third-order valence-electron chi connectivity index (χ3n) is 5.53. The number of nitrogens with zero attached hydrogens (tertiary/aromatic N) is 1. The fourth-order valence-electron chi connectivity index (χ4n) is 3.69. The molecule has 2 heterocycles. The number of carbonyl (C=O) groups is 1. The highest BCUT2D eigenvalue weighted by Crippen LogP contribution is 2.51. The summed E-state index contributed by atoms with van der Waals surface area (Å²) in [5.74, 6) is -1.18. The summed E-state index contributed by atoms with van der Waals surface area (Å²) in [4.78, 5) is 38.0. The summed E-state index contributed by atoms with van der Waals surface area (Å²) in [7, 11) is -4.01. The molecule has 1 aliphatic rings. The van der Waals surface area contributed by atoms with Crippen molar-refractivity contribution < 1.29 is 38.1 Å². The van der Waals surface area contributed by atoms with E-state index in [1.54, 1.807) is 44.2 Å². The number of aromatic nitrogens is 2. The average molecular weight is 526 g/mol. The molecule has 1 aromatic heterocycles. The molecule has 1 fully saturated rings. The molecule has 0 spiro atoms. The number of hydrogen-bond donors (Lipinski definition) is 3. The van der Waals surface area contributed by atoms with Crippen LogP contribution in [0.2, 0.25) is 0 Å². The lowest BCUT2D eigenvalue weighted by Crippen LogP contribution is -2.46. The summed E-state index contributed by atoms with van der Waals surface area (Å²) in [6.07, 6.45) is -3.73. The summed E-state index contributed by atoms with van der Waals surface area (Å²) in [6, 6.07) is 9.28. The Morgan fingerprint density at radius 3 is 2.50 bits per heavy atom. The van der Waals surface area contributed by atoms with Crippen molar-refractivity contribution >= 4 is 13.6 Å². The molecule has 0 saturated carbocycles. The quantitative estimate of drug-likeness (QED) is 0.304. The van der Waals surface area contributed by atoms with Crippen LogP contribution in [0.25, 0.3) is 0 Å². The maximum Gasteiger partial charge on any atom is 0.380 e. The zero-order valence-corrected chi connectivity index (χ0v) is 21.3. The van der Waals surface area contributed by atoms with Crippen molar-refractivity contribution in [2.75, 3.05) is 12.8 Å². The summed E-state index contributed by atoms with van der Waals surface area (Å²) in [6.45, 7) is 5.66. The van der Waals surface area contributed by atoms with Crippen LogP contribution in [0, 0.1) is 5.92 Å². The first-order valence-corrected chi connectivity index (χ1v) is 13.1. The van der Waals surface area contributed by atoms with Gasteiger partial charge in [0.15, 0.2) is 6.23 Å². The Hall–Kier alpha value is -2.76. The first-order valence-electron chi connectivity index (χ1n) is 11.4. The van der Waals surface area contributed by atoms with E-state index in [9.17, 15) is 29.2 Å². The molecule has 2 unspecified atom stereocenters. The monoisotopic (exact) mass is 526 g/mol. The van der Waals surface area contributed by atoms with Gasteiger partial charge in [-0.25, -0.2) is 9.36 Å². The van der Waals surface area contributed by atoms with Gasteiger partial charge in [0.25, 0.3) is 5.56 Å². The fourth-order valence-corrected chi connectivity index (χ4v) is 5.56. The van der Waals surface area contributed by atoms with E-state index >= 15 is 0 Å². The van der Waals surface area contributed by atoms with Crippen LogP contribution in [0.15, 0.2) is 52.2 Å². The number of H-pyrrole nitrogens is 1. The van der Waals surface area contributed by atoms with Gasteiger partial charge in [0.2, 0.25) is 0 Å². The normalized spacial score (nSPS) is 26.4. The smallest absolute Gasteiger partial charge is 0.380 e. The van der Waals surface area contributed by atoms with Gasteiger partial charge < -0.3 is 24.2 Å². The largest absolute Gasteiger partial charge is 0.463 e. The van der Waals surface area contributed by atoms with E-state index in [1.807, 2.05) is 0 Å². The number of aromatic amines is 1. The molecule has 3 N–H and O–H groups in total. The fraction of sp³-hybridized carbons (Fsp3) is 0.522. The third-order valence-corrected chi connectivity index (χ3v) is 7.56.